The zero-order chi connectivity index (χ0) is 27.3. The van der Waals surface area contributed by atoms with Gasteiger partial charge in [-0.15, -0.1) is 0 Å². The van der Waals surface area contributed by atoms with Gasteiger partial charge in [-0.1, -0.05) is 0 Å². The van der Waals surface area contributed by atoms with Crippen molar-refractivity contribution in [3.63, 3.8) is 0 Å². The monoisotopic (exact) mass is 442 g/mol. The van der Waals surface area contributed by atoms with Crippen molar-refractivity contribution in [2.45, 2.75) is 103 Å². The molecule has 9 heteroatoms. The van der Waals surface area contributed by atoms with Gasteiger partial charge in [0.25, 0.3) is 0 Å². The summed E-state index contributed by atoms with van der Waals surface area (Å²) in [4.78, 5) is 36.3. The minimum atomic E-state index is -0.676. The number of hydrogen-bond acceptors (Lipinski definition) is 7. The van der Waals surface area contributed by atoms with Gasteiger partial charge in [0.2, 0.25) is 0 Å². The normalized spacial score (nSPS) is 19.8. The second kappa shape index (κ2) is 11.5. The van der Waals surface area contributed by atoms with Crippen molar-refractivity contribution >= 4 is 29.8 Å². The third kappa shape index (κ3) is 9.59. The van der Waals surface area contributed by atoms with Crippen LogP contribution in [0.3, 0.4) is 0 Å². The van der Waals surface area contributed by atoms with Crippen LogP contribution in [-0.4, -0.2) is 47.9 Å². The van der Waals surface area contributed by atoms with Crippen LogP contribution >= 0.6 is 11.8 Å². The van der Waals surface area contributed by atoms with Gasteiger partial charge in [0, 0.05) is 10.3 Å². The number of alkyl carbamates (subject to hydrolysis) is 1. The summed E-state index contributed by atoms with van der Waals surface area (Å²) < 4.78 is 45.3. The fourth-order valence-corrected chi connectivity index (χ4v) is 2.19. The van der Waals surface area contributed by atoms with Gasteiger partial charge in [-0.2, -0.15) is 0 Å². The van der Waals surface area contributed by atoms with E-state index in [2.05, 4.69) is 10.2 Å². The molecule has 2 fully saturated rings. The minimum absolute atomic E-state index is 0. The molecule has 2 atom stereocenters. The van der Waals surface area contributed by atoms with Crippen LogP contribution in [0.25, 0.3) is 0 Å². The third-order valence-corrected chi connectivity index (χ3v) is 4.60. The Kier molecular flexibility index (Phi) is 8.09. The summed E-state index contributed by atoms with van der Waals surface area (Å²) in [6.07, 6.45) is 5.69. The van der Waals surface area contributed by atoms with Crippen molar-refractivity contribution in [3.8, 4) is 0 Å². The standard InChI is InChI=1S/C12H21NO4.C7H12ClNO2.4H2/c1-8(10(14)16-9-6-5-7-9)13-11(15)17-12(2,3)4;1-5(9-8)7(10)11-6-3-2-4-6;;;;/h8-9H,5-7H2,1-4H3,(H,13,15);5-6,9H,2-4H2,1H3;4*1H/t8-;5-;;;;/m00..../s1/i;;3*1+2T;1+2. The third-order valence-electron chi connectivity index (χ3n) is 4.27. The van der Waals surface area contributed by atoms with E-state index in [-0.39, 0.29) is 19.6 Å². The molecule has 2 aliphatic carbocycles. The molecule has 0 bridgehead atoms. The Balaban J connectivity index is -0.000000232. The molecule has 0 aromatic rings. The van der Waals surface area contributed by atoms with E-state index in [1.165, 1.54) is 6.42 Å². The molecule has 0 aromatic heterocycles. The van der Waals surface area contributed by atoms with Crippen molar-refractivity contribution in [1.29, 1.82) is 0 Å². The molecule has 1 amide bonds. The highest BCUT2D eigenvalue weighted by Crippen LogP contribution is 2.23. The zero-order valence-electron chi connectivity index (χ0n) is 23.4. The Morgan fingerprint density at radius 1 is 0.964 bits per heavy atom. The first-order valence-electron chi connectivity index (χ1n) is 12.8. The van der Waals surface area contributed by atoms with Crippen LogP contribution in [0.4, 0.5) is 4.79 Å². The molecule has 0 heterocycles. The zero-order valence-corrected chi connectivity index (χ0v) is 18.1. The smallest absolute Gasteiger partial charge is 0.408 e. The summed E-state index contributed by atoms with van der Waals surface area (Å²) >= 11 is 5.24. The Bertz CT molecular complexity index is 554. The Morgan fingerprint density at radius 3 is 1.71 bits per heavy atom. The number of esters is 2. The molecular weight excluding hydrogens is 388 g/mol. The number of amides is 1. The summed E-state index contributed by atoms with van der Waals surface area (Å²) in [6, 6.07) is -1.08. The Labute approximate surface area is 182 Å². The van der Waals surface area contributed by atoms with Gasteiger partial charge in [0.1, 0.15) is 29.9 Å². The molecule has 170 valence electrons. The molecule has 0 saturated heterocycles. The lowest BCUT2D eigenvalue weighted by atomic mass is 9.96. The highest BCUT2D eigenvalue weighted by Gasteiger charge is 2.27. The number of halogens is 1. The second-order valence-electron chi connectivity index (χ2n) is 8.18. The van der Waals surface area contributed by atoms with E-state index in [9.17, 15) is 14.4 Å². The molecule has 0 spiro atoms. The van der Waals surface area contributed by atoms with Gasteiger partial charge in [0.05, 0.1) is 0 Å². The lowest BCUT2D eigenvalue weighted by molar-refractivity contribution is -0.155. The average Bonchev–Trinajstić information content (AvgIpc) is 2.75. The van der Waals surface area contributed by atoms with Gasteiger partial charge >= 0.3 is 18.0 Å². The maximum Gasteiger partial charge on any atom is 0.408 e. The quantitative estimate of drug-likeness (QED) is 0.361. The van der Waals surface area contributed by atoms with Gasteiger partial charge < -0.3 is 19.5 Å². The van der Waals surface area contributed by atoms with Crippen molar-refractivity contribution in [2.75, 3.05) is 0 Å². The fourth-order valence-electron chi connectivity index (χ4n) is 2.10. The second-order valence-corrected chi connectivity index (χ2v) is 8.40. The van der Waals surface area contributed by atoms with Gasteiger partial charge in [-0.3, -0.25) is 4.79 Å². The van der Waals surface area contributed by atoms with Crippen molar-refractivity contribution in [1.82, 2.24) is 10.2 Å². The molecule has 2 N–H and O–H groups in total. The number of hydrogen-bond donors (Lipinski definition) is 2. The Hall–Kier alpha value is -1.54. The molecule has 0 aromatic carbocycles. The first-order chi connectivity index (χ1) is 16.0. The SMILES string of the molecule is C[C@H](NC(=O)OC(C)(C)C)C(=O)OC1CCC1.C[C@H](NCl)C(=O)OC1CCC1.[3HH].[3H][3H].[3H][3H].[3H][3H]. The van der Waals surface area contributed by atoms with E-state index in [4.69, 9.17) is 34.9 Å². The van der Waals surface area contributed by atoms with Gasteiger partial charge in [-0.05, 0) is 84.9 Å². The van der Waals surface area contributed by atoms with Crippen LogP contribution in [0.15, 0.2) is 0 Å². The van der Waals surface area contributed by atoms with E-state index in [0.717, 1.165) is 32.1 Å². The lowest BCUT2D eigenvalue weighted by Crippen LogP contribution is -2.44. The average molecular weight is 443 g/mol. The van der Waals surface area contributed by atoms with Crippen LogP contribution in [-0.2, 0) is 23.8 Å². The molecule has 2 saturated carbocycles. The molecule has 2 rings (SSSR count). The summed E-state index contributed by atoms with van der Waals surface area (Å²) in [7, 11) is 0. The number of ether oxygens (including phenoxy) is 3. The fraction of sp³-hybridized carbons (Fsp3) is 0.842. The highest BCUT2D eigenvalue weighted by atomic mass is 35.5. The van der Waals surface area contributed by atoms with Crippen molar-refractivity contribution in [3.05, 3.63) is 0 Å². The number of carbonyl (C=O) groups is 3. The predicted octanol–water partition coefficient (Wildman–Crippen LogP) is 4.19. The van der Waals surface area contributed by atoms with E-state index in [0.29, 0.717) is 0 Å². The molecule has 0 aliphatic heterocycles. The van der Waals surface area contributed by atoms with E-state index in [1.807, 2.05) is 0 Å². The topological polar surface area (TPSA) is 103 Å². The summed E-state index contributed by atoms with van der Waals surface area (Å²) in [6.45, 7) is 8.57. The number of rotatable bonds is 6. The number of nitrogens with one attached hydrogen (secondary N) is 2. The van der Waals surface area contributed by atoms with Crippen LogP contribution in [0, 0.1) is 0 Å². The maximum absolute atomic E-state index is 11.6. The van der Waals surface area contributed by atoms with Gasteiger partial charge in [-0.25, -0.2) is 14.4 Å². The molecule has 2 aliphatic rings. The van der Waals surface area contributed by atoms with E-state index >= 15 is 0 Å². The van der Waals surface area contributed by atoms with Gasteiger partial charge in [0.15, 0.2) is 0 Å². The van der Waals surface area contributed by atoms with Crippen LogP contribution in [0.5, 0.6) is 0 Å². The van der Waals surface area contributed by atoms with E-state index in [1.54, 1.807) is 34.6 Å². The molecule has 28 heavy (non-hydrogen) atoms. The molecule has 0 radical (unpaired) electrons. The first-order valence-corrected chi connectivity index (χ1v) is 10.2. The molecule has 8 nitrogen and oxygen atoms in total. The highest BCUT2D eigenvalue weighted by molar-refractivity contribution is 6.14. The minimum Gasteiger partial charge on any atom is -0.461 e. The number of carbonyl (C=O) groups excluding carboxylic acids is 3. The van der Waals surface area contributed by atoms with Crippen LogP contribution < -0.4 is 10.2 Å². The first kappa shape index (κ1) is 19.8. The van der Waals surface area contributed by atoms with E-state index < -0.39 is 29.7 Å². The maximum atomic E-state index is 11.6. The largest absolute Gasteiger partial charge is 0.461 e. The Morgan fingerprint density at radius 2 is 1.39 bits per heavy atom. The predicted molar refractivity (Wildman–Crippen MR) is 113 cm³/mol. The molecular formula is C19H41ClN2O6. The van der Waals surface area contributed by atoms with Crippen molar-refractivity contribution in [2.24, 2.45) is 0 Å². The summed E-state index contributed by atoms with van der Waals surface area (Å²) in [5, 5.41) is 2.45. The van der Waals surface area contributed by atoms with Crippen LogP contribution in [0.1, 0.15) is 83.5 Å². The van der Waals surface area contributed by atoms with Crippen LogP contribution in [0.2, 0.25) is 0 Å². The summed E-state index contributed by atoms with van der Waals surface area (Å²) in [5.41, 5.74) is -0.568. The lowest BCUT2D eigenvalue weighted by Gasteiger charge is -2.27. The van der Waals surface area contributed by atoms with Crippen molar-refractivity contribution < 1.29 is 38.9 Å². The summed E-state index contributed by atoms with van der Waals surface area (Å²) in [5.74, 6) is -0.662. The molecule has 0 unspecified atom stereocenters.